The second-order valence-electron chi connectivity index (χ2n) is 6.51. The van der Waals surface area contributed by atoms with E-state index in [1.54, 1.807) is 0 Å². The number of halogens is 1. The summed E-state index contributed by atoms with van der Waals surface area (Å²) < 4.78 is 0. The molecule has 0 radical (unpaired) electrons. The summed E-state index contributed by atoms with van der Waals surface area (Å²) in [6.07, 6.45) is 5.86. The number of fused-ring (bicyclic) bond motifs is 1. The number of thioether (sulfide) groups is 1. The van der Waals surface area contributed by atoms with Crippen molar-refractivity contribution in [2.24, 2.45) is 4.99 Å². The average Bonchev–Trinajstić information content (AvgIpc) is 3.09. The average molecular weight is 504 g/mol. The van der Waals surface area contributed by atoms with Gasteiger partial charge in [-0.15, -0.1) is 24.0 Å². The number of aliphatic imine (C=N–C) groups is 1. The van der Waals surface area contributed by atoms with Crippen molar-refractivity contribution in [2.75, 3.05) is 31.6 Å². The van der Waals surface area contributed by atoms with Crippen LogP contribution in [0.2, 0.25) is 0 Å². The molecular formula is C20H33IN4OS. The molecule has 0 fully saturated rings. The molecule has 27 heavy (non-hydrogen) atoms. The Kier molecular flexibility index (Phi) is 12.6. The van der Waals surface area contributed by atoms with E-state index in [4.69, 9.17) is 0 Å². The summed E-state index contributed by atoms with van der Waals surface area (Å²) in [6, 6.07) is 8.30. The zero-order chi connectivity index (χ0) is 18.6. The fourth-order valence-corrected chi connectivity index (χ4v) is 3.50. The minimum absolute atomic E-state index is 0. The van der Waals surface area contributed by atoms with Crippen molar-refractivity contribution >= 4 is 47.6 Å². The molecule has 1 aliphatic rings. The van der Waals surface area contributed by atoms with Gasteiger partial charge < -0.3 is 15.5 Å². The predicted octanol–water partition coefficient (Wildman–Crippen LogP) is 3.63. The zero-order valence-electron chi connectivity index (χ0n) is 16.5. The third kappa shape index (κ3) is 8.72. The van der Waals surface area contributed by atoms with Crippen molar-refractivity contribution in [2.45, 2.75) is 45.7 Å². The molecule has 1 aromatic carbocycles. The van der Waals surface area contributed by atoms with Crippen LogP contribution in [-0.4, -0.2) is 48.4 Å². The highest BCUT2D eigenvalue weighted by Gasteiger charge is 2.22. The minimum Gasteiger partial charge on any atom is -0.357 e. The van der Waals surface area contributed by atoms with Gasteiger partial charge in [0.2, 0.25) is 5.91 Å². The number of amides is 1. The van der Waals surface area contributed by atoms with Crippen LogP contribution < -0.4 is 10.6 Å². The summed E-state index contributed by atoms with van der Waals surface area (Å²) in [6.45, 7) is 6.03. The number of carbonyl (C=O) groups excluding carboxylic acids is 1. The fraction of sp³-hybridized carbons (Fsp3) is 0.600. The zero-order valence-corrected chi connectivity index (χ0v) is 19.6. The summed E-state index contributed by atoms with van der Waals surface area (Å²) in [5.74, 6) is 2.29. The number of nitrogens with zero attached hydrogens (tertiary/aromatic N) is 2. The van der Waals surface area contributed by atoms with Gasteiger partial charge in [-0.3, -0.25) is 9.79 Å². The van der Waals surface area contributed by atoms with Crippen LogP contribution in [0.4, 0.5) is 0 Å². The van der Waals surface area contributed by atoms with Gasteiger partial charge in [-0.05, 0) is 49.3 Å². The lowest BCUT2D eigenvalue weighted by atomic mass is 10.1. The molecule has 7 heteroatoms. The van der Waals surface area contributed by atoms with Crippen molar-refractivity contribution in [1.29, 1.82) is 0 Å². The number of hydrogen-bond donors (Lipinski definition) is 2. The smallest absolute Gasteiger partial charge is 0.223 e. The molecule has 0 saturated carbocycles. The normalized spacial score (nSPS) is 13.1. The van der Waals surface area contributed by atoms with Crippen LogP contribution in [0.25, 0.3) is 0 Å². The monoisotopic (exact) mass is 504 g/mol. The summed E-state index contributed by atoms with van der Waals surface area (Å²) in [7, 11) is 0. The second kappa shape index (κ2) is 14.1. The summed E-state index contributed by atoms with van der Waals surface area (Å²) >= 11 is 1.89. The predicted molar refractivity (Wildman–Crippen MR) is 127 cm³/mol. The van der Waals surface area contributed by atoms with Crippen LogP contribution >= 0.6 is 35.7 Å². The first-order valence-corrected chi connectivity index (χ1v) is 11.0. The molecule has 1 amide bonds. The molecule has 5 nitrogen and oxygen atoms in total. The Labute approximate surface area is 185 Å². The van der Waals surface area contributed by atoms with E-state index < -0.39 is 0 Å². The lowest BCUT2D eigenvalue weighted by molar-refractivity contribution is -0.131. The van der Waals surface area contributed by atoms with Crippen molar-refractivity contribution in [3.05, 3.63) is 35.4 Å². The van der Waals surface area contributed by atoms with Crippen LogP contribution in [0.1, 0.15) is 43.7 Å². The number of rotatable bonds is 10. The highest BCUT2D eigenvalue weighted by Crippen LogP contribution is 2.22. The maximum Gasteiger partial charge on any atom is 0.223 e. The van der Waals surface area contributed by atoms with Crippen LogP contribution in [0.5, 0.6) is 0 Å². The molecule has 0 spiro atoms. The van der Waals surface area contributed by atoms with Crippen molar-refractivity contribution < 1.29 is 4.79 Å². The Morgan fingerprint density at radius 3 is 2.48 bits per heavy atom. The van der Waals surface area contributed by atoms with Gasteiger partial charge in [-0.25, -0.2) is 0 Å². The third-order valence-corrected chi connectivity index (χ3v) is 5.12. The van der Waals surface area contributed by atoms with Crippen molar-refractivity contribution in [3.8, 4) is 0 Å². The highest BCUT2D eigenvalue weighted by molar-refractivity contribution is 14.0. The van der Waals surface area contributed by atoms with Gasteiger partial charge in [-0.1, -0.05) is 24.3 Å². The molecule has 1 heterocycles. The first-order valence-electron chi connectivity index (χ1n) is 9.60. The number of carbonyl (C=O) groups is 1. The van der Waals surface area contributed by atoms with Gasteiger partial charge >= 0.3 is 0 Å². The summed E-state index contributed by atoms with van der Waals surface area (Å²) in [5.41, 5.74) is 2.55. The minimum atomic E-state index is 0. The van der Waals surface area contributed by atoms with E-state index in [2.05, 4.69) is 40.9 Å². The van der Waals surface area contributed by atoms with E-state index in [-0.39, 0.29) is 29.9 Å². The maximum absolute atomic E-state index is 12.4. The molecule has 2 rings (SSSR count). The Morgan fingerprint density at radius 2 is 1.85 bits per heavy atom. The van der Waals surface area contributed by atoms with Gasteiger partial charge in [0.25, 0.3) is 0 Å². The quantitative estimate of drug-likeness (QED) is 0.221. The molecule has 0 aliphatic carbocycles. The first kappa shape index (κ1) is 24.1. The van der Waals surface area contributed by atoms with Gasteiger partial charge in [0.05, 0.1) is 0 Å². The number of benzene rings is 1. The Hall–Kier alpha value is -0.960. The third-order valence-electron chi connectivity index (χ3n) is 4.42. The van der Waals surface area contributed by atoms with Crippen LogP contribution in [0.3, 0.4) is 0 Å². The van der Waals surface area contributed by atoms with E-state index >= 15 is 0 Å². The fourth-order valence-electron chi connectivity index (χ4n) is 3.01. The van der Waals surface area contributed by atoms with Crippen molar-refractivity contribution in [1.82, 2.24) is 15.5 Å². The molecular weight excluding hydrogens is 471 g/mol. The van der Waals surface area contributed by atoms with Gasteiger partial charge in [0.1, 0.15) is 0 Å². The number of nitrogens with one attached hydrogen (secondary N) is 2. The molecule has 1 aromatic rings. The molecule has 0 aromatic heterocycles. The summed E-state index contributed by atoms with van der Waals surface area (Å²) in [5, 5.41) is 6.64. The van der Waals surface area contributed by atoms with E-state index in [0.29, 0.717) is 13.0 Å². The largest absolute Gasteiger partial charge is 0.357 e. The van der Waals surface area contributed by atoms with Gasteiger partial charge in [-0.2, -0.15) is 11.8 Å². The number of hydrogen-bond acceptors (Lipinski definition) is 3. The van der Waals surface area contributed by atoms with Crippen LogP contribution in [-0.2, 0) is 17.9 Å². The van der Waals surface area contributed by atoms with Crippen molar-refractivity contribution in [3.63, 3.8) is 0 Å². The molecule has 0 saturated heterocycles. The van der Waals surface area contributed by atoms with E-state index in [1.165, 1.54) is 23.3 Å². The molecule has 0 atom stereocenters. The highest BCUT2D eigenvalue weighted by atomic mass is 127. The first-order chi connectivity index (χ1) is 12.7. The van der Waals surface area contributed by atoms with Gasteiger partial charge in [0, 0.05) is 39.1 Å². The Balaban J connectivity index is 0.00000364. The van der Waals surface area contributed by atoms with Crippen LogP contribution in [0, 0.1) is 0 Å². The Morgan fingerprint density at radius 1 is 1.15 bits per heavy atom. The molecule has 0 unspecified atom stereocenters. The number of guanidine groups is 1. The SMILES string of the molecule is CCNC(=NCCCC(=O)N1Cc2ccccc2C1)NCCCCSC.I. The summed E-state index contributed by atoms with van der Waals surface area (Å²) in [4.78, 5) is 18.9. The second-order valence-corrected chi connectivity index (χ2v) is 7.50. The van der Waals surface area contributed by atoms with E-state index in [9.17, 15) is 4.79 Å². The standard InChI is InChI=1S/C20H32N4OS.HI/c1-3-21-20(22-12-6-7-14-26-2)23-13-8-11-19(25)24-15-17-9-4-5-10-18(17)16-24;/h4-5,9-10H,3,6-8,11-16H2,1-2H3,(H2,21,22,23);1H. The Bertz CT molecular complexity index is 572. The van der Waals surface area contributed by atoms with E-state index in [1.807, 2.05) is 28.8 Å². The molecule has 2 N–H and O–H groups in total. The molecule has 1 aliphatic heterocycles. The lowest BCUT2D eigenvalue weighted by Gasteiger charge is -2.15. The van der Waals surface area contributed by atoms with Crippen LogP contribution in [0.15, 0.2) is 29.3 Å². The van der Waals surface area contributed by atoms with E-state index in [0.717, 1.165) is 45.0 Å². The molecule has 152 valence electrons. The number of unbranched alkanes of at least 4 members (excludes halogenated alkanes) is 1. The van der Waals surface area contributed by atoms with Gasteiger partial charge in [0.15, 0.2) is 5.96 Å². The maximum atomic E-state index is 12.4. The topological polar surface area (TPSA) is 56.7 Å². The lowest BCUT2D eigenvalue weighted by Crippen LogP contribution is -2.38. The molecule has 0 bridgehead atoms.